The number of Topliss-reactive ketones (excluding diaryl/α,β-unsaturated/α-hetero) is 1. The van der Waals surface area contributed by atoms with Crippen molar-refractivity contribution in [2.45, 2.75) is 44.4 Å². The van der Waals surface area contributed by atoms with Crippen LogP contribution in [0.5, 0.6) is 0 Å². The molecule has 2 atom stereocenters. The summed E-state index contributed by atoms with van der Waals surface area (Å²) < 4.78 is 5.67. The van der Waals surface area contributed by atoms with Gasteiger partial charge in [0.05, 0.1) is 28.5 Å². The fourth-order valence-electron chi connectivity index (χ4n) is 6.10. The molecule has 4 aliphatic rings. The number of methoxy groups -OCH3 is 1. The maximum atomic E-state index is 13.8. The van der Waals surface area contributed by atoms with Gasteiger partial charge in [-0.25, -0.2) is 9.80 Å². The van der Waals surface area contributed by atoms with Crippen LogP contribution < -0.4 is 21.0 Å². The quantitative estimate of drug-likeness (QED) is 0.519. The molecule has 3 N–H and O–H groups in total. The van der Waals surface area contributed by atoms with Gasteiger partial charge in [-0.2, -0.15) is 10.2 Å². The Morgan fingerprint density at radius 2 is 1.87 bits per heavy atom. The summed E-state index contributed by atoms with van der Waals surface area (Å²) >= 11 is 0. The molecule has 2 saturated heterocycles. The van der Waals surface area contributed by atoms with Crippen LogP contribution in [0, 0.1) is 0 Å². The van der Waals surface area contributed by atoms with Crippen LogP contribution in [0.4, 0.5) is 16.2 Å². The number of carbonyl (C=O) groups is 2. The lowest BCUT2D eigenvalue weighted by Gasteiger charge is -2.36. The Labute approximate surface area is 228 Å². The monoisotopic (exact) mass is 529 g/mol. The van der Waals surface area contributed by atoms with Gasteiger partial charge in [-0.05, 0) is 50.5 Å². The lowest BCUT2D eigenvalue weighted by Crippen LogP contribution is -2.54. The van der Waals surface area contributed by atoms with E-state index in [4.69, 9.17) is 4.74 Å². The fourth-order valence-corrected chi connectivity index (χ4v) is 6.10. The van der Waals surface area contributed by atoms with Crippen LogP contribution in [0.2, 0.25) is 0 Å². The molecular weight excluding hydrogens is 494 g/mol. The third kappa shape index (κ3) is 4.62. The number of azo groups is 1. The standard InChI is InChI=1S/C29H35N7O3/c1-29(2,39-3)22-8-5-15-36(22)34-28(38)31-21-7-4-6-20-23(21)27(37)24-25(32-33-26(20)24)18-9-11-19(12-10-18)35-16-13-30-14-17-35/h4,6-7,9-12,22,26,30H,5,8,13-17H2,1-3H3,(H2,31,34,38)/t22-,26?/m1/s1. The number of anilines is 2. The number of hydrogen-bond acceptors (Lipinski definition) is 8. The number of carbonyl (C=O) groups excluding carboxylic acids is 2. The van der Waals surface area contributed by atoms with Gasteiger partial charge in [0.1, 0.15) is 11.7 Å². The van der Waals surface area contributed by atoms with Crippen LogP contribution in [0.25, 0.3) is 5.70 Å². The van der Waals surface area contributed by atoms with Crippen molar-refractivity contribution in [3.63, 3.8) is 0 Å². The maximum absolute atomic E-state index is 13.8. The summed E-state index contributed by atoms with van der Waals surface area (Å²) in [6.07, 6.45) is 1.90. The number of piperazine rings is 1. The smallest absolute Gasteiger partial charge is 0.333 e. The third-order valence-electron chi connectivity index (χ3n) is 8.36. The van der Waals surface area contributed by atoms with Gasteiger partial charge < -0.3 is 20.3 Å². The number of benzene rings is 2. The molecule has 2 fully saturated rings. The Morgan fingerprint density at radius 3 is 2.62 bits per heavy atom. The van der Waals surface area contributed by atoms with Gasteiger partial charge in [0, 0.05) is 51.1 Å². The Bertz CT molecular complexity index is 1350. The number of nitrogens with zero attached hydrogens (tertiary/aromatic N) is 4. The molecule has 0 aromatic heterocycles. The van der Waals surface area contributed by atoms with E-state index >= 15 is 0 Å². The van der Waals surface area contributed by atoms with Crippen LogP contribution >= 0.6 is 0 Å². The average molecular weight is 530 g/mol. The number of hydrogen-bond donors (Lipinski definition) is 3. The number of rotatable bonds is 6. The second-order valence-corrected chi connectivity index (χ2v) is 11.0. The first kappa shape index (κ1) is 25.7. The highest BCUT2D eigenvalue weighted by Gasteiger charge is 2.43. The normalized spacial score (nSPS) is 22.8. The van der Waals surface area contributed by atoms with Gasteiger partial charge in [-0.3, -0.25) is 10.2 Å². The Hall–Kier alpha value is -3.60. The SMILES string of the molecule is COC(C)(C)[C@H]1CCCN1NC(=O)Nc1cccc2c1C(=O)C1=C(c3ccc(N4CCNCC4)cc3)N=NC12. The minimum absolute atomic E-state index is 0.0572. The highest BCUT2D eigenvalue weighted by atomic mass is 16.5. The summed E-state index contributed by atoms with van der Waals surface area (Å²) in [4.78, 5) is 29.2. The van der Waals surface area contributed by atoms with Gasteiger partial charge in [-0.15, -0.1) is 0 Å². The number of urea groups is 1. The van der Waals surface area contributed by atoms with E-state index in [1.54, 1.807) is 13.2 Å². The summed E-state index contributed by atoms with van der Waals surface area (Å²) in [6, 6.07) is 12.9. The lowest BCUT2D eigenvalue weighted by atomic mass is 9.97. The number of nitrogens with one attached hydrogen (secondary N) is 3. The van der Waals surface area contributed by atoms with E-state index in [2.05, 4.69) is 43.3 Å². The zero-order valence-electron chi connectivity index (χ0n) is 22.7. The molecule has 39 heavy (non-hydrogen) atoms. The van der Waals surface area contributed by atoms with Crippen LogP contribution in [0.3, 0.4) is 0 Å². The van der Waals surface area contributed by atoms with E-state index < -0.39 is 11.6 Å². The van der Waals surface area contributed by atoms with E-state index in [-0.39, 0.29) is 17.9 Å². The molecule has 0 bridgehead atoms. The van der Waals surface area contributed by atoms with E-state index in [1.807, 2.05) is 43.1 Å². The molecule has 204 valence electrons. The Balaban J connectivity index is 1.22. The number of fused-ring (bicyclic) bond motifs is 3. The van der Waals surface area contributed by atoms with Crippen LogP contribution in [0.15, 0.2) is 58.3 Å². The van der Waals surface area contributed by atoms with Crippen molar-refractivity contribution in [2.24, 2.45) is 10.2 Å². The van der Waals surface area contributed by atoms with Crippen molar-refractivity contribution in [3.8, 4) is 0 Å². The van der Waals surface area contributed by atoms with Crippen molar-refractivity contribution < 1.29 is 14.3 Å². The largest absolute Gasteiger partial charge is 0.377 e. The van der Waals surface area contributed by atoms with Gasteiger partial charge in [0.15, 0.2) is 5.78 Å². The van der Waals surface area contributed by atoms with E-state index in [0.29, 0.717) is 22.5 Å². The maximum Gasteiger partial charge on any atom is 0.333 e. The highest BCUT2D eigenvalue weighted by molar-refractivity contribution is 6.22. The van der Waals surface area contributed by atoms with Crippen molar-refractivity contribution in [2.75, 3.05) is 50.1 Å². The van der Waals surface area contributed by atoms with E-state index in [1.165, 1.54) is 0 Å². The molecule has 10 nitrogen and oxygen atoms in total. The molecule has 1 unspecified atom stereocenters. The van der Waals surface area contributed by atoms with Crippen LogP contribution in [-0.4, -0.2) is 68.3 Å². The summed E-state index contributed by atoms with van der Waals surface area (Å²) in [7, 11) is 1.69. The Kier molecular flexibility index (Phi) is 6.70. The predicted molar refractivity (Wildman–Crippen MR) is 150 cm³/mol. The average Bonchev–Trinajstić information content (AvgIpc) is 3.67. The minimum atomic E-state index is -0.453. The lowest BCUT2D eigenvalue weighted by molar-refractivity contribution is -0.0485. The van der Waals surface area contributed by atoms with Crippen LogP contribution in [0.1, 0.15) is 54.2 Å². The number of hydrazine groups is 1. The molecular formula is C29H35N7O3. The molecule has 0 saturated carbocycles. The number of ether oxygens (including phenoxy) is 1. The molecule has 6 rings (SSSR count). The van der Waals surface area contributed by atoms with Crippen LogP contribution in [-0.2, 0) is 4.74 Å². The van der Waals surface area contributed by atoms with Crippen molar-refractivity contribution in [1.29, 1.82) is 0 Å². The second-order valence-electron chi connectivity index (χ2n) is 11.0. The topological polar surface area (TPSA) is 111 Å². The molecule has 0 radical (unpaired) electrons. The molecule has 2 aromatic rings. The molecule has 3 aliphatic heterocycles. The van der Waals surface area contributed by atoms with Gasteiger partial charge in [-0.1, -0.05) is 24.3 Å². The summed E-state index contributed by atoms with van der Waals surface area (Å²) in [5, 5.41) is 17.1. The summed E-state index contributed by atoms with van der Waals surface area (Å²) in [5.74, 6) is -0.142. The first-order chi connectivity index (χ1) is 18.9. The van der Waals surface area contributed by atoms with Crippen molar-refractivity contribution >= 4 is 28.9 Å². The number of ketones is 1. The summed E-state index contributed by atoms with van der Waals surface area (Å²) in [5.41, 5.74) is 7.49. The van der Waals surface area contributed by atoms with Gasteiger partial charge >= 0.3 is 6.03 Å². The van der Waals surface area contributed by atoms with Gasteiger partial charge in [0.2, 0.25) is 0 Å². The fraction of sp³-hybridized carbons (Fsp3) is 0.448. The molecule has 2 aromatic carbocycles. The van der Waals surface area contributed by atoms with E-state index in [9.17, 15) is 9.59 Å². The first-order valence-corrected chi connectivity index (χ1v) is 13.7. The molecule has 2 amide bonds. The Morgan fingerprint density at radius 1 is 1.10 bits per heavy atom. The minimum Gasteiger partial charge on any atom is -0.377 e. The van der Waals surface area contributed by atoms with Crippen molar-refractivity contribution in [1.82, 2.24) is 15.8 Å². The molecule has 10 heteroatoms. The van der Waals surface area contributed by atoms with Crippen molar-refractivity contribution in [3.05, 3.63) is 64.7 Å². The molecule has 1 aliphatic carbocycles. The first-order valence-electron chi connectivity index (χ1n) is 13.7. The molecule has 0 spiro atoms. The third-order valence-corrected chi connectivity index (χ3v) is 8.36. The zero-order chi connectivity index (χ0) is 27.1. The second kappa shape index (κ2) is 10.2. The van der Waals surface area contributed by atoms with E-state index in [0.717, 1.165) is 62.4 Å². The van der Waals surface area contributed by atoms with Gasteiger partial charge in [0.25, 0.3) is 0 Å². The zero-order valence-corrected chi connectivity index (χ0v) is 22.7. The molecule has 3 heterocycles. The number of amides is 2. The predicted octanol–water partition coefficient (Wildman–Crippen LogP) is 4.14. The summed E-state index contributed by atoms with van der Waals surface area (Å²) in [6.45, 7) is 8.66. The highest BCUT2D eigenvalue weighted by Crippen LogP contribution is 2.49.